The van der Waals surface area contributed by atoms with Crippen LogP contribution in [0.15, 0.2) is 22.7 Å². The molecule has 1 aliphatic heterocycles. The van der Waals surface area contributed by atoms with Gasteiger partial charge in [-0.3, -0.25) is 0 Å². The van der Waals surface area contributed by atoms with Crippen molar-refractivity contribution in [3.63, 3.8) is 0 Å². The third-order valence-electron chi connectivity index (χ3n) is 3.08. The minimum absolute atomic E-state index is 0.0754. The largest absolute Gasteiger partial charge is 0.394 e. The van der Waals surface area contributed by atoms with Crippen LogP contribution in [0.1, 0.15) is 5.56 Å². The molecule has 1 atom stereocenters. The molecule has 0 aliphatic carbocycles. The third kappa shape index (κ3) is 3.23. The number of nitrogens with zero attached hydrogens (tertiary/aromatic N) is 1. The van der Waals surface area contributed by atoms with Gasteiger partial charge in [-0.15, -0.1) is 0 Å². The number of benzene rings is 1. The Labute approximate surface area is 116 Å². The van der Waals surface area contributed by atoms with E-state index in [1.807, 2.05) is 7.05 Å². The molecule has 2 N–H and O–H groups in total. The average molecular weight is 315 g/mol. The summed E-state index contributed by atoms with van der Waals surface area (Å²) in [5, 5.41) is 12.3. The Hall–Kier alpha value is -0.620. The highest BCUT2D eigenvalue weighted by atomic mass is 79.9. The van der Waals surface area contributed by atoms with E-state index >= 15 is 0 Å². The zero-order valence-electron chi connectivity index (χ0n) is 10.5. The first-order valence-electron chi connectivity index (χ1n) is 6.15. The van der Waals surface area contributed by atoms with Crippen LogP contribution < -0.4 is 10.2 Å². The maximum absolute atomic E-state index is 9.17. The zero-order chi connectivity index (χ0) is 13.0. The van der Waals surface area contributed by atoms with Gasteiger partial charge >= 0.3 is 0 Å². The lowest BCUT2D eigenvalue weighted by Gasteiger charge is -2.34. The predicted octanol–water partition coefficient (Wildman–Crippen LogP) is 1.37. The van der Waals surface area contributed by atoms with Gasteiger partial charge in [-0.1, -0.05) is 6.07 Å². The number of aliphatic hydroxyl groups is 1. The Morgan fingerprint density at radius 2 is 2.39 bits per heavy atom. The molecule has 1 aromatic carbocycles. The van der Waals surface area contributed by atoms with Gasteiger partial charge in [0.15, 0.2) is 0 Å². The number of anilines is 1. The van der Waals surface area contributed by atoms with Crippen molar-refractivity contribution in [2.75, 3.05) is 38.3 Å². The summed E-state index contributed by atoms with van der Waals surface area (Å²) < 4.78 is 6.56. The fraction of sp³-hybridized carbons (Fsp3) is 0.538. The Bertz CT molecular complexity index is 401. The smallest absolute Gasteiger partial charge is 0.0980 e. The molecular formula is C13H19BrN2O2. The number of hydrogen-bond donors (Lipinski definition) is 2. The summed E-state index contributed by atoms with van der Waals surface area (Å²) in [5.41, 5.74) is 2.41. The average Bonchev–Trinajstić information content (AvgIpc) is 2.39. The molecule has 1 heterocycles. The molecular weight excluding hydrogens is 296 g/mol. The van der Waals surface area contributed by atoms with Crippen molar-refractivity contribution in [3.8, 4) is 0 Å². The first-order valence-corrected chi connectivity index (χ1v) is 6.94. The van der Waals surface area contributed by atoms with Crippen LogP contribution in [0.5, 0.6) is 0 Å². The minimum Gasteiger partial charge on any atom is -0.394 e. The van der Waals surface area contributed by atoms with Crippen LogP contribution in [0.25, 0.3) is 0 Å². The number of nitrogens with one attached hydrogen (secondary N) is 1. The van der Waals surface area contributed by atoms with Crippen LogP contribution in [0.3, 0.4) is 0 Å². The van der Waals surface area contributed by atoms with Crippen molar-refractivity contribution < 1.29 is 9.84 Å². The fourth-order valence-electron chi connectivity index (χ4n) is 2.17. The molecule has 0 aromatic heterocycles. The summed E-state index contributed by atoms with van der Waals surface area (Å²) in [6.07, 6.45) is -0.0809. The zero-order valence-corrected chi connectivity index (χ0v) is 12.1. The standard InChI is InChI=1S/C13H19BrN2O2/c1-15-7-10-2-3-13(12(14)6-10)16-4-5-18-11(8-16)9-17/h2-3,6,11,15,17H,4-5,7-9H2,1H3. The van der Waals surface area contributed by atoms with E-state index in [0.717, 1.165) is 29.8 Å². The van der Waals surface area contributed by atoms with E-state index in [1.165, 1.54) is 5.56 Å². The number of hydrogen-bond acceptors (Lipinski definition) is 4. The maximum atomic E-state index is 9.17. The lowest BCUT2D eigenvalue weighted by molar-refractivity contribution is 0.00353. The monoisotopic (exact) mass is 314 g/mol. The van der Waals surface area contributed by atoms with Gasteiger partial charge in [0.1, 0.15) is 0 Å². The molecule has 18 heavy (non-hydrogen) atoms. The molecule has 5 heteroatoms. The molecule has 100 valence electrons. The number of aliphatic hydroxyl groups excluding tert-OH is 1. The van der Waals surface area contributed by atoms with E-state index in [-0.39, 0.29) is 12.7 Å². The van der Waals surface area contributed by atoms with Crippen molar-refractivity contribution in [2.45, 2.75) is 12.6 Å². The van der Waals surface area contributed by atoms with Crippen LogP contribution >= 0.6 is 15.9 Å². The first kappa shape index (κ1) is 13.8. The molecule has 0 saturated carbocycles. The lowest BCUT2D eigenvalue weighted by atomic mass is 10.1. The summed E-state index contributed by atoms with van der Waals surface area (Å²) in [6.45, 7) is 3.20. The summed E-state index contributed by atoms with van der Waals surface area (Å²) >= 11 is 3.62. The van der Waals surface area contributed by atoms with Crippen molar-refractivity contribution in [2.24, 2.45) is 0 Å². The molecule has 0 radical (unpaired) electrons. The van der Waals surface area contributed by atoms with Gasteiger partial charge in [-0.05, 0) is 40.7 Å². The highest BCUT2D eigenvalue weighted by Crippen LogP contribution is 2.28. The topological polar surface area (TPSA) is 44.7 Å². The fourth-order valence-corrected chi connectivity index (χ4v) is 2.85. The Kier molecular flexibility index (Phi) is 5.00. The number of rotatable bonds is 4. The molecule has 0 amide bonds. The summed E-state index contributed by atoms with van der Waals surface area (Å²) in [5.74, 6) is 0. The van der Waals surface area contributed by atoms with E-state index in [9.17, 15) is 0 Å². The van der Waals surface area contributed by atoms with Crippen molar-refractivity contribution in [3.05, 3.63) is 28.2 Å². The number of halogens is 1. The maximum Gasteiger partial charge on any atom is 0.0980 e. The second-order valence-electron chi connectivity index (χ2n) is 4.44. The van der Waals surface area contributed by atoms with Gasteiger partial charge in [-0.2, -0.15) is 0 Å². The van der Waals surface area contributed by atoms with E-state index in [2.05, 4.69) is 44.3 Å². The van der Waals surface area contributed by atoms with Crippen molar-refractivity contribution in [1.29, 1.82) is 0 Å². The molecule has 4 nitrogen and oxygen atoms in total. The summed E-state index contributed by atoms with van der Waals surface area (Å²) in [7, 11) is 1.94. The van der Waals surface area contributed by atoms with Crippen LogP contribution in [0, 0.1) is 0 Å². The highest BCUT2D eigenvalue weighted by Gasteiger charge is 2.21. The molecule has 0 spiro atoms. The van der Waals surface area contributed by atoms with E-state index in [0.29, 0.717) is 6.61 Å². The van der Waals surface area contributed by atoms with Crippen LogP contribution in [-0.4, -0.2) is 44.6 Å². The van der Waals surface area contributed by atoms with Gasteiger partial charge in [0.25, 0.3) is 0 Å². The second-order valence-corrected chi connectivity index (χ2v) is 5.29. The molecule has 1 aliphatic rings. The van der Waals surface area contributed by atoms with Gasteiger partial charge in [-0.25, -0.2) is 0 Å². The van der Waals surface area contributed by atoms with E-state index < -0.39 is 0 Å². The second kappa shape index (κ2) is 6.52. The van der Waals surface area contributed by atoms with Gasteiger partial charge in [0.05, 0.1) is 25.0 Å². The van der Waals surface area contributed by atoms with Crippen LogP contribution in [-0.2, 0) is 11.3 Å². The van der Waals surface area contributed by atoms with Gasteiger partial charge in [0.2, 0.25) is 0 Å². The molecule has 1 fully saturated rings. The lowest BCUT2D eigenvalue weighted by Crippen LogP contribution is -2.44. The van der Waals surface area contributed by atoms with Crippen molar-refractivity contribution in [1.82, 2.24) is 5.32 Å². The number of morpholine rings is 1. The quantitative estimate of drug-likeness (QED) is 0.881. The molecule has 2 rings (SSSR count). The molecule has 1 unspecified atom stereocenters. The normalized spacial score (nSPS) is 20.2. The highest BCUT2D eigenvalue weighted by molar-refractivity contribution is 9.10. The van der Waals surface area contributed by atoms with Gasteiger partial charge in [0, 0.05) is 24.1 Å². The van der Waals surface area contributed by atoms with Crippen molar-refractivity contribution >= 4 is 21.6 Å². The first-order chi connectivity index (χ1) is 8.74. The van der Waals surface area contributed by atoms with Crippen LogP contribution in [0.4, 0.5) is 5.69 Å². The van der Waals surface area contributed by atoms with E-state index in [1.54, 1.807) is 0 Å². The minimum atomic E-state index is -0.0809. The Morgan fingerprint density at radius 3 is 3.06 bits per heavy atom. The third-order valence-corrected chi connectivity index (χ3v) is 3.71. The number of ether oxygens (including phenoxy) is 1. The summed E-state index contributed by atoms with van der Waals surface area (Å²) in [6, 6.07) is 6.38. The predicted molar refractivity (Wildman–Crippen MR) is 75.9 cm³/mol. The summed E-state index contributed by atoms with van der Waals surface area (Å²) in [4.78, 5) is 2.25. The van der Waals surface area contributed by atoms with Gasteiger partial charge < -0.3 is 20.1 Å². The molecule has 1 saturated heterocycles. The Balaban J connectivity index is 2.12. The molecule has 1 aromatic rings. The Morgan fingerprint density at radius 1 is 1.56 bits per heavy atom. The van der Waals surface area contributed by atoms with E-state index in [4.69, 9.17) is 9.84 Å². The van der Waals surface area contributed by atoms with Crippen LogP contribution in [0.2, 0.25) is 0 Å². The molecule has 0 bridgehead atoms. The SMILES string of the molecule is CNCc1ccc(N2CCOC(CO)C2)c(Br)c1.